The second-order valence-electron chi connectivity index (χ2n) is 6.51. The monoisotopic (exact) mass is 287 g/mol. The molecule has 110 valence electrons. The maximum Gasteiger partial charge on any atom is 0.416 e. The molecular formula is C13H25NO4Si. The Kier molecular flexibility index (Phi) is 4.79. The lowest BCUT2D eigenvalue weighted by Crippen LogP contribution is -2.50. The standard InChI is InChI=1S/C13H25NO4Si/c1-13(2,3)19(5,6)18-10-7-8-14(11(15)9-10)12(16)17-4/h10H,7-9H2,1-6H3. The quantitative estimate of drug-likeness (QED) is 0.733. The first-order valence-corrected chi connectivity index (χ1v) is 9.55. The van der Waals surface area contributed by atoms with Crippen molar-refractivity contribution in [2.75, 3.05) is 13.7 Å². The van der Waals surface area contributed by atoms with E-state index in [1.807, 2.05) is 0 Å². The molecule has 0 aromatic carbocycles. The van der Waals surface area contributed by atoms with Crippen LogP contribution in [0.1, 0.15) is 33.6 Å². The minimum absolute atomic E-state index is 0.0747. The van der Waals surface area contributed by atoms with Crippen LogP contribution in [0.15, 0.2) is 0 Å². The fraction of sp³-hybridized carbons (Fsp3) is 0.846. The molecule has 0 bridgehead atoms. The number of piperidine rings is 1. The molecule has 1 rings (SSSR count). The highest BCUT2D eigenvalue weighted by Crippen LogP contribution is 2.38. The Balaban J connectivity index is 2.63. The van der Waals surface area contributed by atoms with Gasteiger partial charge in [0.1, 0.15) is 0 Å². The van der Waals surface area contributed by atoms with Crippen molar-refractivity contribution in [1.82, 2.24) is 4.90 Å². The number of imide groups is 1. The Bertz CT molecular complexity index is 362. The number of nitrogens with zero attached hydrogens (tertiary/aromatic N) is 1. The number of carbonyl (C=O) groups is 2. The molecule has 1 fully saturated rings. The van der Waals surface area contributed by atoms with Crippen LogP contribution in [0.3, 0.4) is 0 Å². The van der Waals surface area contributed by atoms with Crippen molar-refractivity contribution in [3.8, 4) is 0 Å². The Morgan fingerprint density at radius 2 is 1.95 bits per heavy atom. The topological polar surface area (TPSA) is 55.8 Å². The highest BCUT2D eigenvalue weighted by Gasteiger charge is 2.41. The highest BCUT2D eigenvalue weighted by atomic mass is 28.4. The number of carbonyl (C=O) groups excluding carboxylic acids is 2. The molecule has 1 heterocycles. The van der Waals surface area contributed by atoms with E-state index in [-0.39, 0.29) is 23.5 Å². The predicted molar refractivity (Wildman–Crippen MR) is 75.4 cm³/mol. The van der Waals surface area contributed by atoms with Crippen LogP contribution in [0, 0.1) is 0 Å². The third-order valence-corrected chi connectivity index (χ3v) is 8.58. The van der Waals surface area contributed by atoms with Crippen LogP contribution >= 0.6 is 0 Å². The maximum atomic E-state index is 11.9. The van der Waals surface area contributed by atoms with Crippen molar-refractivity contribution in [3.63, 3.8) is 0 Å². The summed E-state index contributed by atoms with van der Waals surface area (Å²) in [5.74, 6) is -0.207. The Morgan fingerprint density at radius 3 is 2.37 bits per heavy atom. The minimum Gasteiger partial charge on any atom is -0.452 e. The van der Waals surface area contributed by atoms with Gasteiger partial charge in [-0.1, -0.05) is 20.8 Å². The molecule has 1 unspecified atom stereocenters. The zero-order valence-corrected chi connectivity index (χ0v) is 13.8. The summed E-state index contributed by atoms with van der Waals surface area (Å²) in [5.41, 5.74) is 0. The Labute approximate surface area is 116 Å². The van der Waals surface area contributed by atoms with E-state index in [0.29, 0.717) is 13.0 Å². The van der Waals surface area contributed by atoms with Crippen molar-refractivity contribution in [2.45, 2.75) is 57.8 Å². The van der Waals surface area contributed by atoms with E-state index in [9.17, 15) is 9.59 Å². The first-order chi connectivity index (χ1) is 8.58. The molecule has 0 aromatic rings. The number of amides is 2. The molecule has 1 aliphatic rings. The van der Waals surface area contributed by atoms with E-state index in [1.54, 1.807) is 0 Å². The van der Waals surface area contributed by atoms with Crippen LogP contribution in [-0.4, -0.2) is 45.0 Å². The van der Waals surface area contributed by atoms with Crippen LogP contribution in [0.5, 0.6) is 0 Å². The Hall–Kier alpha value is -0.883. The van der Waals surface area contributed by atoms with Crippen LogP contribution < -0.4 is 0 Å². The molecule has 0 spiro atoms. The summed E-state index contributed by atoms with van der Waals surface area (Å²) in [6, 6.07) is 0. The summed E-state index contributed by atoms with van der Waals surface area (Å²) in [6.45, 7) is 11.2. The van der Waals surface area contributed by atoms with Crippen molar-refractivity contribution in [2.24, 2.45) is 0 Å². The van der Waals surface area contributed by atoms with E-state index in [0.717, 1.165) is 4.90 Å². The minimum atomic E-state index is -1.87. The van der Waals surface area contributed by atoms with Crippen LogP contribution in [0.2, 0.25) is 18.1 Å². The third kappa shape index (κ3) is 3.79. The van der Waals surface area contributed by atoms with Gasteiger partial charge in [-0.15, -0.1) is 0 Å². The molecule has 0 saturated carbocycles. The van der Waals surface area contributed by atoms with E-state index in [2.05, 4.69) is 38.6 Å². The SMILES string of the molecule is COC(=O)N1CCC(O[Si](C)(C)C(C)(C)C)CC1=O. The molecule has 2 amide bonds. The van der Waals surface area contributed by atoms with Crippen molar-refractivity contribution < 1.29 is 18.8 Å². The number of rotatable bonds is 2. The van der Waals surface area contributed by atoms with Gasteiger partial charge in [0.25, 0.3) is 0 Å². The third-order valence-electron chi connectivity index (χ3n) is 4.04. The fourth-order valence-corrected chi connectivity index (χ4v) is 3.19. The fourth-order valence-electron chi connectivity index (χ4n) is 1.80. The summed E-state index contributed by atoms with van der Waals surface area (Å²) in [5, 5.41) is 0.121. The van der Waals surface area contributed by atoms with Gasteiger partial charge in [-0.25, -0.2) is 9.69 Å². The number of likely N-dealkylation sites (tertiary alicyclic amines) is 1. The molecule has 5 nitrogen and oxygen atoms in total. The smallest absolute Gasteiger partial charge is 0.416 e. The highest BCUT2D eigenvalue weighted by molar-refractivity contribution is 6.74. The zero-order valence-electron chi connectivity index (χ0n) is 12.8. The van der Waals surface area contributed by atoms with Gasteiger partial charge in [-0.05, 0) is 24.6 Å². The van der Waals surface area contributed by atoms with Gasteiger partial charge in [-0.2, -0.15) is 0 Å². The molecule has 19 heavy (non-hydrogen) atoms. The molecule has 0 aliphatic carbocycles. The van der Waals surface area contributed by atoms with Gasteiger partial charge < -0.3 is 9.16 Å². The normalized spacial score (nSPS) is 21.5. The first kappa shape index (κ1) is 16.2. The van der Waals surface area contributed by atoms with Gasteiger partial charge in [0.05, 0.1) is 19.6 Å². The molecule has 6 heteroatoms. The lowest BCUT2D eigenvalue weighted by molar-refractivity contribution is -0.134. The molecule has 0 aromatic heterocycles. The number of ether oxygens (including phenoxy) is 1. The van der Waals surface area contributed by atoms with E-state index in [1.165, 1.54) is 7.11 Å². The molecule has 1 atom stereocenters. The largest absolute Gasteiger partial charge is 0.452 e. The number of hydrogen-bond acceptors (Lipinski definition) is 4. The van der Waals surface area contributed by atoms with Crippen molar-refractivity contribution in [3.05, 3.63) is 0 Å². The molecule has 0 radical (unpaired) electrons. The summed E-state index contributed by atoms with van der Waals surface area (Å²) < 4.78 is 10.8. The lowest BCUT2D eigenvalue weighted by Gasteiger charge is -2.41. The summed E-state index contributed by atoms with van der Waals surface area (Å²) in [6.07, 6.45) is 0.305. The zero-order chi connectivity index (χ0) is 14.8. The molecule has 1 aliphatic heterocycles. The van der Waals surface area contributed by atoms with Crippen molar-refractivity contribution >= 4 is 20.3 Å². The Morgan fingerprint density at radius 1 is 1.37 bits per heavy atom. The molecule has 0 N–H and O–H groups in total. The summed E-state index contributed by atoms with van der Waals surface area (Å²) >= 11 is 0. The van der Waals surface area contributed by atoms with Gasteiger partial charge in [0, 0.05) is 6.54 Å². The average Bonchev–Trinajstić information content (AvgIpc) is 2.26. The molecular weight excluding hydrogens is 262 g/mol. The van der Waals surface area contributed by atoms with Crippen LogP contribution in [0.4, 0.5) is 4.79 Å². The van der Waals surface area contributed by atoms with Gasteiger partial charge >= 0.3 is 6.09 Å². The van der Waals surface area contributed by atoms with Crippen LogP contribution in [0.25, 0.3) is 0 Å². The average molecular weight is 287 g/mol. The molecule has 1 saturated heterocycles. The second kappa shape index (κ2) is 5.62. The predicted octanol–water partition coefficient (Wildman–Crippen LogP) is 2.77. The number of methoxy groups -OCH3 is 1. The maximum absolute atomic E-state index is 11.9. The lowest BCUT2D eigenvalue weighted by atomic mass is 10.1. The first-order valence-electron chi connectivity index (χ1n) is 6.64. The van der Waals surface area contributed by atoms with Gasteiger partial charge in [0.2, 0.25) is 5.91 Å². The van der Waals surface area contributed by atoms with E-state index >= 15 is 0 Å². The van der Waals surface area contributed by atoms with Crippen molar-refractivity contribution in [1.29, 1.82) is 0 Å². The number of hydrogen-bond donors (Lipinski definition) is 0. The van der Waals surface area contributed by atoms with E-state index < -0.39 is 14.4 Å². The summed E-state index contributed by atoms with van der Waals surface area (Å²) in [7, 11) is -0.581. The van der Waals surface area contributed by atoms with E-state index in [4.69, 9.17) is 4.43 Å². The second-order valence-corrected chi connectivity index (χ2v) is 11.3. The summed E-state index contributed by atoms with van der Waals surface area (Å²) in [4.78, 5) is 24.4. The van der Waals surface area contributed by atoms with Gasteiger partial charge in [0.15, 0.2) is 8.32 Å². The van der Waals surface area contributed by atoms with Crippen LogP contribution in [-0.2, 0) is 14.0 Å². The van der Waals surface area contributed by atoms with Gasteiger partial charge in [-0.3, -0.25) is 4.79 Å².